The molecule has 4 heteroatoms. The van der Waals surface area contributed by atoms with Crippen molar-refractivity contribution in [1.29, 1.82) is 0 Å². The lowest BCUT2D eigenvalue weighted by atomic mass is 9.78. The van der Waals surface area contributed by atoms with Crippen molar-refractivity contribution < 1.29 is 14.6 Å². The summed E-state index contributed by atoms with van der Waals surface area (Å²) in [6, 6.07) is 5.81. The van der Waals surface area contributed by atoms with Gasteiger partial charge in [-0.2, -0.15) is 0 Å². The maximum atomic E-state index is 10.3. The molecular formula is C16H23BrO3. The lowest BCUT2D eigenvalue weighted by Crippen LogP contribution is -2.32. The molecular weight excluding hydrogens is 320 g/mol. The highest BCUT2D eigenvalue weighted by Crippen LogP contribution is 2.38. The first kappa shape index (κ1) is 15.8. The van der Waals surface area contributed by atoms with Crippen LogP contribution >= 0.6 is 15.9 Å². The second-order valence-corrected chi connectivity index (χ2v) is 6.14. The fourth-order valence-corrected chi connectivity index (χ4v) is 3.20. The summed E-state index contributed by atoms with van der Waals surface area (Å²) in [7, 11) is 0. The Hall–Kier alpha value is -0.580. The van der Waals surface area contributed by atoms with Gasteiger partial charge < -0.3 is 14.6 Å². The lowest BCUT2D eigenvalue weighted by molar-refractivity contribution is -0.0380. The monoisotopic (exact) mass is 342 g/mol. The SMILES string of the molecule is CCOc1ccc(C(O)CC2CC(OCC)C2)cc1Br. The summed E-state index contributed by atoms with van der Waals surface area (Å²) in [6.45, 7) is 5.41. The van der Waals surface area contributed by atoms with Crippen LogP contribution in [0.4, 0.5) is 0 Å². The predicted octanol–water partition coefficient (Wildman–Crippen LogP) is 4.09. The van der Waals surface area contributed by atoms with E-state index in [4.69, 9.17) is 9.47 Å². The van der Waals surface area contributed by atoms with E-state index in [1.807, 2.05) is 32.0 Å². The van der Waals surface area contributed by atoms with E-state index >= 15 is 0 Å². The Morgan fingerprint density at radius 1 is 1.30 bits per heavy atom. The molecule has 1 N–H and O–H groups in total. The van der Waals surface area contributed by atoms with Crippen molar-refractivity contribution in [3.63, 3.8) is 0 Å². The summed E-state index contributed by atoms with van der Waals surface area (Å²) in [5.41, 5.74) is 0.945. The average molecular weight is 343 g/mol. The van der Waals surface area contributed by atoms with Gasteiger partial charge in [0, 0.05) is 6.61 Å². The Morgan fingerprint density at radius 3 is 2.65 bits per heavy atom. The molecule has 2 rings (SSSR count). The van der Waals surface area contributed by atoms with E-state index in [0.29, 0.717) is 18.6 Å². The van der Waals surface area contributed by atoms with Gasteiger partial charge in [0.1, 0.15) is 5.75 Å². The number of halogens is 1. The number of hydrogen-bond donors (Lipinski definition) is 1. The number of rotatable bonds is 7. The van der Waals surface area contributed by atoms with Gasteiger partial charge in [0.25, 0.3) is 0 Å². The van der Waals surface area contributed by atoms with Crippen LogP contribution in [0.5, 0.6) is 5.75 Å². The zero-order valence-corrected chi connectivity index (χ0v) is 13.7. The molecule has 1 atom stereocenters. The van der Waals surface area contributed by atoms with Gasteiger partial charge in [-0.3, -0.25) is 0 Å². The Labute approximate surface area is 129 Å². The molecule has 0 saturated heterocycles. The quantitative estimate of drug-likeness (QED) is 0.811. The summed E-state index contributed by atoms with van der Waals surface area (Å²) in [6.07, 6.45) is 2.95. The van der Waals surface area contributed by atoms with Crippen LogP contribution < -0.4 is 4.74 Å². The average Bonchev–Trinajstić information content (AvgIpc) is 2.38. The van der Waals surface area contributed by atoms with Crippen molar-refractivity contribution >= 4 is 15.9 Å². The van der Waals surface area contributed by atoms with Gasteiger partial charge >= 0.3 is 0 Å². The minimum absolute atomic E-state index is 0.407. The van der Waals surface area contributed by atoms with Gasteiger partial charge in [-0.15, -0.1) is 0 Å². The van der Waals surface area contributed by atoms with Crippen molar-refractivity contribution in [2.75, 3.05) is 13.2 Å². The molecule has 1 saturated carbocycles. The fraction of sp³-hybridized carbons (Fsp3) is 0.625. The van der Waals surface area contributed by atoms with E-state index < -0.39 is 6.10 Å². The predicted molar refractivity (Wildman–Crippen MR) is 83.0 cm³/mol. The molecule has 20 heavy (non-hydrogen) atoms. The second kappa shape index (κ2) is 7.43. The molecule has 0 radical (unpaired) electrons. The van der Waals surface area contributed by atoms with Gasteiger partial charge in [-0.05, 0) is 72.7 Å². The topological polar surface area (TPSA) is 38.7 Å². The van der Waals surface area contributed by atoms with Crippen molar-refractivity contribution in [1.82, 2.24) is 0 Å². The van der Waals surface area contributed by atoms with Crippen LogP contribution in [0, 0.1) is 5.92 Å². The molecule has 1 aromatic rings. The van der Waals surface area contributed by atoms with Crippen molar-refractivity contribution in [3.05, 3.63) is 28.2 Å². The first-order valence-corrected chi connectivity index (χ1v) is 8.15. The molecule has 1 fully saturated rings. The van der Waals surface area contributed by atoms with Crippen LogP contribution in [0.15, 0.2) is 22.7 Å². The number of aliphatic hydroxyl groups is 1. The Morgan fingerprint density at radius 2 is 2.05 bits per heavy atom. The number of benzene rings is 1. The first-order chi connectivity index (χ1) is 9.63. The lowest BCUT2D eigenvalue weighted by Gasteiger charge is -2.36. The van der Waals surface area contributed by atoms with Gasteiger partial charge in [0.05, 0.1) is 23.3 Å². The van der Waals surface area contributed by atoms with Crippen LogP contribution in [0.2, 0.25) is 0 Å². The molecule has 1 aromatic carbocycles. The standard InChI is InChI=1S/C16H23BrO3/c1-3-19-13-7-11(8-13)9-15(18)12-5-6-16(20-4-2)14(17)10-12/h5-6,10-11,13,15,18H,3-4,7-9H2,1-2H3. The molecule has 1 aliphatic rings. The van der Waals surface area contributed by atoms with E-state index in [1.165, 1.54) is 0 Å². The normalized spacial score (nSPS) is 23.2. The third kappa shape index (κ3) is 3.96. The van der Waals surface area contributed by atoms with Gasteiger partial charge in [0.15, 0.2) is 0 Å². The van der Waals surface area contributed by atoms with Crippen LogP contribution in [-0.2, 0) is 4.74 Å². The molecule has 1 aliphatic carbocycles. The molecule has 0 heterocycles. The zero-order chi connectivity index (χ0) is 14.5. The molecule has 0 spiro atoms. The Kier molecular flexibility index (Phi) is 5.87. The van der Waals surface area contributed by atoms with Crippen LogP contribution in [0.3, 0.4) is 0 Å². The van der Waals surface area contributed by atoms with E-state index in [9.17, 15) is 5.11 Å². The van der Waals surface area contributed by atoms with E-state index in [1.54, 1.807) is 0 Å². The van der Waals surface area contributed by atoms with Crippen LogP contribution in [-0.4, -0.2) is 24.4 Å². The molecule has 3 nitrogen and oxygen atoms in total. The highest BCUT2D eigenvalue weighted by atomic mass is 79.9. The fourth-order valence-electron chi connectivity index (χ4n) is 2.69. The van der Waals surface area contributed by atoms with E-state index in [-0.39, 0.29) is 0 Å². The third-order valence-electron chi connectivity index (χ3n) is 3.79. The van der Waals surface area contributed by atoms with Crippen LogP contribution in [0.25, 0.3) is 0 Å². The van der Waals surface area contributed by atoms with E-state index in [2.05, 4.69) is 15.9 Å². The maximum absolute atomic E-state index is 10.3. The minimum atomic E-state index is -0.408. The van der Waals surface area contributed by atoms with Crippen molar-refractivity contribution in [2.24, 2.45) is 5.92 Å². The van der Waals surface area contributed by atoms with Gasteiger partial charge in [0.2, 0.25) is 0 Å². The number of hydrogen-bond acceptors (Lipinski definition) is 3. The highest BCUT2D eigenvalue weighted by Gasteiger charge is 2.31. The molecule has 0 amide bonds. The molecule has 1 unspecified atom stereocenters. The molecule has 0 aliphatic heterocycles. The van der Waals surface area contributed by atoms with Crippen molar-refractivity contribution in [2.45, 2.75) is 45.3 Å². The summed E-state index contributed by atoms with van der Waals surface area (Å²) in [4.78, 5) is 0. The van der Waals surface area contributed by atoms with E-state index in [0.717, 1.165) is 41.7 Å². The second-order valence-electron chi connectivity index (χ2n) is 5.29. The number of aliphatic hydroxyl groups excluding tert-OH is 1. The largest absolute Gasteiger partial charge is 0.493 e. The van der Waals surface area contributed by atoms with Gasteiger partial charge in [-0.25, -0.2) is 0 Å². The smallest absolute Gasteiger partial charge is 0.133 e. The Balaban J connectivity index is 1.87. The zero-order valence-electron chi connectivity index (χ0n) is 12.1. The van der Waals surface area contributed by atoms with Gasteiger partial charge in [-0.1, -0.05) is 6.07 Å². The summed E-state index contributed by atoms with van der Waals surface area (Å²) in [5, 5.41) is 10.3. The van der Waals surface area contributed by atoms with Crippen molar-refractivity contribution in [3.8, 4) is 5.75 Å². The Bertz CT molecular complexity index is 430. The summed E-state index contributed by atoms with van der Waals surface area (Å²) >= 11 is 3.49. The first-order valence-electron chi connectivity index (χ1n) is 7.35. The maximum Gasteiger partial charge on any atom is 0.133 e. The summed E-state index contributed by atoms with van der Waals surface area (Å²) in [5.74, 6) is 1.40. The molecule has 0 bridgehead atoms. The molecule has 112 valence electrons. The third-order valence-corrected chi connectivity index (χ3v) is 4.41. The van der Waals surface area contributed by atoms with Crippen LogP contribution in [0.1, 0.15) is 44.8 Å². The molecule has 0 aromatic heterocycles. The highest BCUT2D eigenvalue weighted by molar-refractivity contribution is 9.10. The summed E-state index contributed by atoms with van der Waals surface area (Å²) < 4.78 is 11.9. The number of ether oxygens (including phenoxy) is 2. The minimum Gasteiger partial charge on any atom is -0.493 e.